The molecule has 21 heavy (non-hydrogen) atoms. The standard InChI is InChI=1S/C14H14N2O4S/c1-8-3-4-10(11(17)5-8)13(19)16-14-15-9(7-21-14)6-12(18)20-2/h3-5,7,17H,6H2,1-2H3,(H,15,16,19). The molecule has 0 radical (unpaired) electrons. The van der Waals surface area contributed by atoms with E-state index >= 15 is 0 Å². The fourth-order valence-electron chi connectivity index (χ4n) is 1.66. The van der Waals surface area contributed by atoms with Crippen LogP contribution in [0, 0.1) is 6.92 Å². The van der Waals surface area contributed by atoms with Crippen LogP contribution in [0.1, 0.15) is 21.6 Å². The molecular weight excluding hydrogens is 292 g/mol. The van der Waals surface area contributed by atoms with Gasteiger partial charge in [0.2, 0.25) is 0 Å². The molecule has 7 heteroatoms. The molecule has 0 saturated carbocycles. The number of phenols is 1. The Morgan fingerprint density at radius 1 is 1.43 bits per heavy atom. The minimum Gasteiger partial charge on any atom is -0.507 e. The molecule has 1 aromatic carbocycles. The molecule has 2 N–H and O–H groups in total. The summed E-state index contributed by atoms with van der Waals surface area (Å²) >= 11 is 1.20. The van der Waals surface area contributed by atoms with Crippen molar-refractivity contribution in [3.63, 3.8) is 0 Å². The number of ether oxygens (including phenoxy) is 1. The van der Waals surface area contributed by atoms with Crippen molar-refractivity contribution in [3.05, 3.63) is 40.4 Å². The van der Waals surface area contributed by atoms with Gasteiger partial charge >= 0.3 is 5.97 Å². The zero-order valence-corrected chi connectivity index (χ0v) is 12.4. The number of methoxy groups -OCH3 is 1. The van der Waals surface area contributed by atoms with E-state index in [2.05, 4.69) is 15.0 Å². The number of nitrogens with one attached hydrogen (secondary N) is 1. The second-order valence-corrected chi connectivity index (χ2v) is 5.23. The highest BCUT2D eigenvalue weighted by molar-refractivity contribution is 7.14. The van der Waals surface area contributed by atoms with E-state index in [0.29, 0.717) is 10.8 Å². The van der Waals surface area contributed by atoms with E-state index in [-0.39, 0.29) is 17.7 Å². The van der Waals surface area contributed by atoms with Gasteiger partial charge in [0.1, 0.15) is 5.75 Å². The van der Waals surface area contributed by atoms with Gasteiger partial charge in [0.05, 0.1) is 24.8 Å². The first-order valence-corrected chi connectivity index (χ1v) is 6.99. The summed E-state index contributed by atoms with van der Waals surface area (Å²) in [7, 11) is 1.30. The summed E-state index contributed by atoms with van der Waals surface area (Å²) < 4.78 is 4.55. The summed E-state index contributed by atoms with van der Waals surface area (Å²) in [6, 6.07) is 4.79. The van der Waals surface area contributed by atoms with Crippen LogP contribution in [0.4, 0.5) is 5.13 Å². The number of aromatic hydroxyl groups is 1. The van der Waals surface area contributed by atoms with E-state index in [4.69, 9.17) is 0 Å². The third kappa shape index (κ3) is 3.79. The number of rotatable bonds is 4. The maximum atomic E-state index is 12.0. The van der Waals surface area contributed by atoms with Crippen LogP contribution in [-0.4, -0.2) is 29.1 Å². The van der Waals surface area contributed by atoms with Crippen molar-refractivity contribution in [2.75, 3.05) is 12.4 Å². The first-order valence-electron chi connectivity index (χ1n) is 6.12. The number of aromatic nitrogens is 1. The molecular formula is C14H14N2O4S. The van der Waals surface area contributed by atoms with E-state index < -0.39 is 11.9 Å². The highest BCUT2D eigenvalue weighted by Crippen LogP contribution is 2.22. The number of anilines is 1. The fourth-order valence-corrected chi connectivity index (χ4v) is 2.37. The first kappa shape index (κ1) is 15.0. The maximum absolute atomic E-state index is 12.0. The van der Waals surface area contributed by atoms with Crippen molar-refractivity contribution in [3.8, 4) is 5.75 Å². The molecule has 110 valence electrons. The Morgan fingerprint density at radius 3 is 2.86 bits per heavy atom. The highest BCUT2D eigenvalue weighted by Gasteiger charge is 2.14. The van der Waals surface area contributed by atoms with E-state index in [1.807, 2.05) is 6.92 Å². The molecule has 2 rings (SSSR count). The van der Waals surface area contributed by atoms with Crippen LogP contribution < -0.4 is 5.32 Å². The molecule has 0 saturated heterocycles. The van der Waals surface area contributed by atoms with Crippen molar-refractivity contribution >= 4 is 28.3 Å². The topological polar surface area (TPSA) is 88.5 Å². The van der Waals surface area contributed by atoms with Crippen molar-refractivity contribution in [1.82, 2.24) is 4.98 Å². The monoisotopic (exact) mass is 306 g/mol. The molecule has 1 aromatic heterocycles. The van der Waals surface area contributed by atoms with Gasteiger partial charge in [-0.1, -0.05) is 6.07 Å². The average Bonchev–Trinajstić information content (AvgIpc) is 2.85. The van der Waals surface area contributed by atoms with Crippen LogP contribution >= 0.6 is 11.3 Å². The molecule has 0 bridgehead atoms. The highest BCUT2D eigenvalue weighted by atomic mass is 32.1. The number of amides is 1. The number of benzene rings is 1. The van der Waals surface area contributed by atoms with Gasteiger partial charge in [0, 0.05) is 5.38 Å². The molecule has 0 unspecified atom stereocenters. The van der Waals surface area contributed by atoms with E-state index in [0.717, 1.165) is 5.56 Å². The zero-order chi connectivity index (χ0) is 15.4. The number of hydrogen-bond acceptors (Lipinski definition) is 6. The molecule has 0 spiro atoms. The lowest BCUT2D eigenvalue weighted by Crippen LogP contribution is -2.12. The third-order valence-corrected chi connectivity index (χ3v) is 3.53. The normalized spacial score (nSPS) is 10.2. The predicted octanol–water partition coefficient (Wildman–Crippen LogP) is 2.12. The Hall–Kier alpha value is -2.41. The van der Waals surface area contributed by atoms with Crippen LogP contribution in [0.2, 0.25) is 0 Å². The lowest BCUT2D eigenvalue weighted by atomic mass is 10.1. The molecule has 1 heterocycles. The number of aryl methyl sites for hydroxylation is 1. The molecule has 0 aliphatic carbocycles. The van der Waals surface area contributed by atoms with Gasteiger partial charge in [-0.15, -0.1) is 11.3 Å². The fraction of sp³-hybridized carbons (Fsp3) is 0.214. The maximum Gasteiger partial charge on any atom is 0.311 e. The van der Waals surface area contributed by atoms with E-state index in [9.17, 15) is 14.7 Å². The number of thiazole rings is 1. The number of esters is 1. The third-order valence-electron chi connectivity index (χ3n) is 2.72. The quantitative estimate of drug-likeness (QED) is 0.845. The van der Waals surface area contributed by atoms with Crippen LogP contribution in [-0.2, 0) is 16.0 Å². The lowest BCUT2D eigenvalue weighted by Gasteiger charge is -2.05. The van der Waals surface area contributed by atoms with Crippen LogP contribution in [0.5, 0.6) is 5.75 Å². The smallest absolute Gasteiger partial charge is 0.311 e. The first-order chi connectivity index (χ1) is 9.99. The number of nitrogens with zero attached hydrogens (tertiary/aromatic N) is 1. The Balaban J connectivity index is 2.07. The van der Waals surface area contributed by atoms with Gasteiger partial charge in [-0.05, 0) is 24.6 Å². The molecule has 0 atom stereocenters. The summed E-state index contributed by atoms with van der Waals surface area (Å²) in [4.78, 5) is 27.3. The summed E-state index contributed by atoms with van der Waals surface area (Å²) in [6.45, 7) is 1.82. The number of carbonyl (C=O) groups excluding carboxylic acids is 2. The minimum atomic E-state index is -0.452. The molecule has 0 aliphatic heterocycles. The molecule has 0 aliphatic rings. The summed E-state index contributed by atoms with van der Waals surface area (Å²) in [6.07, 6.45) is 0.0542. The second-order valence-electron chi connectivity index (χ2n) is 4.37. The Morgan fingerprint density at radius 2 is 2.19 bits per heavy atom. The van der Waals surface area contributed by atoms with Crippen LogP contribution in [0.3, 0.4) is 0 Å². The Kier molecular flexibility index (Phi) is 4.54. The van der Waals surface area contributed by atoms with E-state index in [1.54, 1.807) is 17.5 Å². The molecule has 6 nitrogen and oxygen atoms in total. The summed E-state index contributed by atoms with van der Waals surface area (Å²) in [5.41, 5.74) is 1.55. The summed E-state index contributed by atoms with van der Waals surface area (Å²) in [5.74, 6) is -0.931. The lowest BCUT2D eigenvalue weighted by molar-refractivity contribution is -0.139. The van der Waals surface area contributed by atoms with Crippen molar-refractivity contribution in [1.29, 1.82) is 0 Å². The SMILES string of the molecule is COC(=O)Cc1csc(NC(=O)c2ccc(C)cc2O)n1. The van der Waals surface area contributed by atoms with Gasteiger partial charge in [0.15, 0.2) is 5.13 Å². The number of hydrogen-bond donors (Lipinski definition) is 2. The van der Waals surface area contributed by atoms with Gasteiger partial charge in [-0.25, -0.2) is 4.98 Å². The van der Waals surface area contributed by atoms with Gasteiger partial charge in [0.25, 0.3) is 5.91 Å². The van der Waals surface area contributed by atoms with Crippen LogP contribution in [0.25, 0.3) is 0 Å². The van der Waals surface area contributed by atoms with Gasteiger partial charge < -0.3 is 9.84 Å². The van der Waals surface area contributed by atoms with Crippen molar-refractivity contribution < 1.29 is 19.4 Å². The summed E-state index contributed by atoms with van der Waals surface area (Å²) in [5, 5.41) is 14.4. The number of carbonyl (C=O) groups is 2. The molecule has 1 amide bonds. The Labute approximate surface area is 125 Å². The van der Waals surface area contributed by atoms with Crippen molar-refractivity contribution in [2.24, 2.45) is 0 Å². The molecule has 2 aromatic rings. The zero-order valence-electron chi connectivity index (χ0n) is 11.5. The van der Waals surface area contributed by atoms with Gasteiger partial charge in [-0.3, -0.25) is 14.9 Å². The second kappa shape index (κ2) is 6.36. The largest absolute Gasteiger partial charge is 0.507 e. The average molecular weight is 306 g/mol. The minimum absolute atomic E-state index is 0.0542. The number of phenolic OH excluding ortho intramolecular Hbond substituents is 1. The van der Waals surface area contributed by atoms with Gasteiger partial charge in [-0.2, -0.15) is 0 Å². The van der Waals surface area contributed by atoms with E-state index in [1.165, 1.54) is 24.5 Å². The molecule has 0 fully saturated rings. The van der Waals surface area contributed by atoms with Crippen LogP contribution in [0.15, 0.2) is 23.6 Å². The Bertz CT molecular complexity index is 681. The predicted molar refractivity (Wildman–Crippen MR) is 78.6 cm³/mol. The van der Waals surface area contributed by atoms with Crippen molar-refractivity contribution in [2.45, 2.75) is 13.3 Å².